The van der Waals surface area contributed by atoms with Crippen LogP contribution in [0.3, 0.4) is 0 Å². The maximum Gasteiger partial charge on any atom is 0.257 e. The first-order chi connectivity index (χ1) is 29.9. The number of amides is 3. The normalized spacial score (nSPS) is 19.1. The zero-order valence-electron chi connectivity index (χ0n) is 36.3. The fourth-order valence-electron chi connectivity index (χ4n) is 7.81. The Balaban J connectivity index is 1.09. The quantitative estimate of drug-likeness (QED) is 0.0796. The van der Waals surface area contributed by atoms with E-state index in [-0.39, 0.29) is 54.4 Å². The molecule has 0 bridgehead atoms. The lowest BCUT2D eigenvalue weighted by atomic mass is 10.1. The van der Waals surface area contributed by atoms with Crippen LogP contribution in [0.15, 0.2) is 69.7 Å². The number of aromatic nitrogens is 1. The van der Waals surface area contributed by atoms with Gasteiger partial charge in [-0.05, 0) is 65.3 Å². The number of allylic oxidation sites excluding steroid dienone is 2. The molecule has 4 aliphatic heterocycles. The summed E-state index contributed by atoms with van der Waals surface area (Å²) in [7, 11) is 6.52. The number of carbonyl (C=O) groups excluding carboxylic acids is 3. The smallest absolute Gasteiger partial charge is 0.257 e. The third-order valence-electron chi connectivity index (χ3n) is 11.2. The summed E-state index contributed by atoms with van der Waals surface area (Å²) < 4.78 is 30.2. The number of carbonyl (C=O) groups is 3. The van der Waals surface area contributed by atoms with Gasteiger partial charge in [0.25, 0.3) is 11.8 Å². The summed E-state index contributed by atoms with van der Waals surface area (Å²) in [5, 5.41) is 2.96. The van der Waals surface area contributed by atoms with Gasteiger partial charge in [0.2, 0.25) is 5.91 Å². The molecule has 7 rings (SSSR count). The molecular weight excluding hydrogens is 829 g/mol. The fraction of sp³-hybridized carbons (Fsp3) is 0.435. The highest BCUT2D eigenvalue weighted by Gasteiger charge is 2.36. The Hall–Kier alpha value is -5.48. The summed E-state index contributed by atoms with van der Waals surface area (Å²) in [6, 6.07) is 10.1. The lowest BCUT2D eigenvalue weighted by Crippen LogP contribution is -2.35. The summed E-state index contributed by atoms with van der Waals surface area (Å²) in [4.78, 5) is 57.9. The molecule has 0 spiro atoms. The molecule has 62 heavy (non-hydrogen) atoms. The second-order valence-electron chi connectivity index (χ2n) is 16.0. The zero-order valence-corrected chi connectivity index (χ0v) is 38.0. The zero-order chi connectivity index (χ0) is 44.0. The van der Waals surface area contributed by atoms with Crippen LogP contribution in [0, 0.1) is 0 Å². The van der Waals surface area contributed by atoms with Crippen LogP contribution < -0.4 is 29.0 Å². The highest BCUT2D eigenvalue weighted by Crippen LogP contribution is 2.41. The van der Waals surface area contributed by atoms with Gasteiger partial charge in [-0.3, -0.25) is 29.4 Å². The van der Waals surface area contributed by atoms with E-state index in [0.29, 0.717) is 88.7 Å². The molecule has 1 N–H and O–H groups in total. The third-order valence-corrected chi connectivity index (χ3v) is 13.9. The summed E-state index contributed by atoms with van der Waals surface area (Å²) in [5.74, 6) is 1.81. The maximum absolute atomic E-state index is 13.7. The number of benzene rings is 2. The van der Waals surface area contributed by atoms with Gasteiger partial charge in [-0.2, -0.15) is 0 Å². The molecule has 2 fully saturated rings. The average Bonchev–Trinajstić information content (AvgIpc) is 3.84. The van der Waals surface area contributed by atoms with Gasteiger partial charge in [0, 0.05) is 61.0 Å². The summed E-state index contributed by atoms with van der Waals surface area (Å²) >= 11 is 0. The number of hydrogen-bond acceptors (Lipinski definition) is 13. The van der Waals surface area contributed by atoms with E-state index in [1.807, 2.05) is 42.3 Å². The Morgan fingerprint density at radius 2 is 1.31 bits per heavy atom. The second-order valence-corrected chi connectivity index (χ2v) is 19.1. The molecule has 0 saturated carbocycles. The van der Waals surface area contributed by atoms with Crippen molar-refractivity contribution in [2.75, 3.05) is 46.7 Å². The van der Waals surface area contributed by atoms with Crippen LogP contribution in [0.2, 0.25) is 0 Å². The van der Waals surface area contributed by atoms with E-state index in [1.165, 1.54) is 25.4 Å². The van der Waals surface area contributed by atoms with Crippen molar-refractivity contribution in [3.8, 4) is 28.7 Å². The number of ether oxygens (including phenoxy) is 5. The molecule has 2 aromatic carbocycles. The van der Waals surface area contributed by atoms with Crippen LogP contribution in [0.1, 0.15) is 85.5 Å². The van der Waals surface area contributed by atoms with E-state index in [2.05, 4.69) is 31.3 Å². The van der Waals surface area contributed by atoms with Crippen molar-refractivity contribution in [3.05, 3.63) is 82.2 Å². The predicted octanol–water partition coefficient (Wildman–Crippen LogP) is 8.08. The Morgan fingerprint density at radius 1 is 0.790 bits per heavy atom. The Kier molecular flexibility index (Phi) is 14.2. The molecular formula is C46H54N6O8S2. The van der Waals surface area contributed by atoms with Gasteiger partial charge in [0.15, 0.2) is 23.0 Å². The van der Waals surface area contributed by atoms with Crippen LogP contribution in [0.5, 0.6) is 28.7 Å². The standard InChI is InChI=1S/C46H54N6O8S2/c1-8-28-14-32-22-48-37-20-41(39(56-5)18-35(37)44(54)51(32)24-28)59-26-30-16-34(58-13-12-47-43(53)10-11-46(3,4)62-61-7)17-31(50-30)27-60-42-21-38-36(19-40(42)57-6)45(55)52-25-29(9-2)15-33(52)23-49-38/h8-9,16-23,32-33H,10-15,24-27H2,1-7H3,(H,47,53)/b28-8+,29-9+/t32-,33-/m0/s1. The van der Waals surface area contributed by atoms with E-state index in [1.54, 1.807) is 58.0 Å². The van der Waals surface area contributed by atoms with E-state index in [4.69, 9.17) is 38.7 Å². The molecule has 3 aromatic rings. The van der Waals surface area contributed by atoms with Gasteiger partial charge in [0.1, 0.15) is 25.6 Å². The van der Waals surface area contributed by atoms with E-state index >= 15 is 0 Å². The summed E-state index contributed by atoms with van der Waals surface area (Å²) in [6.45, 7) is 9.94. The first-order valence-electron chi connectivity index (χ1n) is 20.7. The van der Waals surface area contributed by atoms with Gasteiger partial charge < -0.3 is 38.8 Å². The molecule has 1 aromatic heterocycles. The van der Waals surface area contributed by atoms with Crippen molar-refractivity contribution in [1.82, 2.24) is 20.1 Å². The number of hydrogen-bond donors (Lipinski definition) is 1. The molecule has 328 valence electrons. The summed E-state index contributed by atoms with van der Waals surface area (Å²) in [6.07, 6.45) is 12.5. The highest BCUT2D eigenvalue weighted by molar-refractivity contribution is 8.76. The lowest BCUT2D eigenvalue weighted by Gasteiger charge is -2.21. The minimum atomic E-state index is -0.112. The molecule has 3 amide bonds. The van der Waals surface area contributed by atoms with E-state index in [0.717, 1.165) is 19.3 Å². The van der Waals surface area contributed by atoms with Gasteiger partial charge in [0.05, 0.1) is 66.7 Å². The van der Waals surface area contributed by atoms with Gasteiger partial charge in [-0.25, -0.2) is 0 Å². The first kappa shape index (κ1) is 44.6. The first-order valence-corrected chi connectivity index (χ1v) is 23.3. The fourth-order valence-corrected chi connectivity index (χ4v) is 10.1. The van der Waals surface area contributed by atoms with Crippen molar-refractivity contribution in [3.63, 3.8) is 0 Å². The topological polar surface area (TPSA) is 153 Å². The van der Waals surface area contributed by atoms with Gasteiger partial charge in [-0.15, -0.1) is 0 Å². The number of nitrogens with zero attached hydrogens (tertiary/aromatic N) is 5. The van der Waals surface area contributed by atoms with Crippen LogP contribution in [-0.4, -0.2) is 108 Å². The number of aliphatic imine (C=N–C) groups is 2. The van der Waals surface area contributed by atoms with Crippen molar-refractivity contribution >= 4 is 63.1 Å². The number of fused-ring (bicyclic) bond motifs is 4. The number of rotatable bonds is 17. The highest BCUT2D eigenvalue weighted by atomic mass is 33.1. The van der Waals surface area contributed by atoms with Crippen molar-refractivity contribution in [1.29, 1.82) is 0 Å². The van der Waals surface area contributed by atoms with Crippen molar-refractivity contribution in [2.45, 2.75) is 83.4 Å². The van der Waals surface area contributed by atoms with E-state index < -0.39 is 0 Å². The Bertz CT molecular complexity index is 2190. The van der Waals surface area contributed by atoms with Gasteiger partial charge in [-0.1, -0.05) is 44.9 Å². The molecule has 4 aliphatic rings. The lowest BCUT2D eigenvalue weighted by molar-refractivity contribution is -0.121. The SMILES string of the molecule is C/C=C1\C[C@H]2C=Nc3cc(OCc4cc(OCCNC(=O)CCC(C)(C)SSC)cc(COc5cc6c(cc5OC)C(=O)N5C/C(=C/C)C[C@H]5C=N6)n4)c(OC)cc3C(=O)N2C1. The number of methoxy groups -OCH3 is 2. The van der Waals surface area contributed by atoms with Crippen molar-refractivity contribution < 1.29 is 38.1 Å². The summed E-state index contributed by atoms with van der Waals surface area (Å²) in [5.41, 5.74) is 5.34. The van der Waals surface area contributed by atoms with Crippen LogP contribution in [-0.2, 0) is 18.0 Å². The van der Waals surface area contributed by atoms with Crippen LogP contribution in [0.25, 0.3) is 0 Å². The Morgan fingerprint density at radius 3 is 1.77 bits per heavy atom. The monoisotopic (exact) mass is 882 g/mol. The largest absolute Gasteiger partial charge is 0.493 e. The second kappa shape index (κ2) is 19.7. The number of nitrogens with one attached hydrogen (secondary N) is 1. The molecule has 16 heteroatoms. The van der Waals surface area contributed by atoms with Crippen molar-refractivity contribution in [2.24, 2.45) is 9.98 Å². The predicted molar refractivity (Wildman–Crippen MR) is 245 cm³/mol. The molecule has 5 heterocycles. The minimum Gasteiger partial charge on any atom is -0.493 e. The molecule has 0 radical (unpaired) electrons. The Labute approximate surface area is 371 Å². The minimum absolute atomic E-state index is 0.0108. The molecule has 14 nitrogen and oxygen atoms in total. The molecule has 0 aliphatic carbocycles. The third kappa shape index (κ3) is 10.2. The van der Waals surface area contributed by atoms with Crippen LogP contribution >= 0.6 is 21.6 Å². The van der Waals surface area contributed by atoms with E-state index in [9.17, 15) is 14.4 Å². The average molecular weight is 883 g/mol. The van der Waals surface area contributed by atoms with Crippen LogP contribution in [0.4, 0.5) is 11.4 Å². The molecule has 2 saturated heterocycles. The van der Waals surface area contributed by atoms with Gasteiger partial charge >= 0.3 is 0 Å². The molecule has 0 unspecified atom stereocenters. The number of pyridine rings is 1. The maximum atomic E-state index is 13.7. The molecule has 2 atom stereocenters.